The van der Waals surface area contributed by atoms with Gasteiger partial charge in [-0.2, -0.15) is 0 Å². The zero-order valence-corrected chi connectivity index (χ0v) is 12.3. The number of carbonyl (C=O) groups excluding carboxylic acids is 2. The Morgan fingerprint density at radius 1 is 1.19 bits per heavy atom. The maximum atomic E-state index is 11.8. The van der Waals surface area contributed by atoms with Gasteiger partial charge < -0.3 is 13.9 Å². The highest BCUT2D eigenvalue weighted by molar-refractivity contribution is 6.34. The SMILES string of the molecule is COC(=O)c1ccc(COC(=O)c2nc(Cl)ccc2Cl)o1. The van der Waals surface area contributed by atoms with Crippen molar-refractivity contribution in [3.8, 4) is 0 Å². The van der Waals surface area contributed by atoms with Crippen LogP contribution in [-0.4, -0.2) is 24.0 Å². The summed E-state index contributed by atoms with van der Waals surface area (Å²) < 4.78 is 14.6. The van der Waals surface area contributed by atoms with E-state index in [0.717, 1.165) is 0 Å². The summed E-state index contributed by atoms with van der Waals surface area (Å²) in [7, 11) is 1.23. The third-order valence-electron chi connectivity index (χ3n) is 2.40. The molecule has 110 valence electrons. The molecule has 2 aromatic heterocycles. The topological polar surface area (TPSA) is 78.6 Å². The van der Waals surface area contributed by atoms with Gasteiger partial charge in [0.15, 0.2) is 5.69 Å². The summed E-state index contributed by atoms with van der Waals surface area (Å²) in [4.78, 5) is 26.8. The minimum Gasteiger partial charge on any atom is -0.463 e. The molecule has 0 aromatic carbocycles. The van der Waals surface area contributed by atoms with Crippen molar-refractivity contribution < 1.29 is 23.5 Å². The number of ether oxygens (including phenoxy) is 2. The van der Waals surface area contributed by atoms with Gasteiger partial charge in [-0.05, 0) is 24.3 Å². The second kappa shape index (κ2) is 6.60. The average Bonchev–Trinajstić information content (AvgIpc) is 2.95. The monoisotopic (exact) mass is 329 g/mol. The number of hydrogen-bond donors (Lipinski definition) is 0. The smallest absolute Gasteiger partial charge is 0.373 e. The van der Waals surface area contributed by atoms with E-state index in [1.165, 1.54) is 31.4 Å². The molecule has 6 nitrogen and oxygen atoms in total. The molecule has 0 unspecified atom stereocenters. The van der Waals surface area contributed by atoms with Crippen molar-refractivity contribution in [2.45, 2.75) is 6.61 Å². The molecular weight excluding hydrogens is 321 g/mol. The summed E-state index contributed by atoms with van der Waals surface area (Å²) in [5, 5.41) is 0.247. The molecular formula is C13H9Cl2NO5. The lowest BCUT2D eigenvalue weighted by molar-refractivity contribution is 0.0432. The molecule has 2 aromatic rings. The molecule has 0 fully saturated rings. The number of rotatable bonds is 4. The molecule has 0 N–H and O–H groups in total. The number of methoxy groups -OCH3 is 1. The molecule has 8 heteroatoms. The van der Waals surface area contributed by atoms with Crippen LogP contribution in [0.5, 0.6) is 0 Å². The first kappa shape index (κ1) is 15.3. The number of hydrogen-bond acceptors (Lipinski definition) is 6. The van der Waals surface area contributed by atoms with Crippen molar-refractivity contribution in [3.05, 3.63) is 51.7 Å². The molecule has 21 heavy (non-hydrogen) atoms. The molecule has 2 rings (SSSR count). The van der Waals surface area contributed by atoms with E-state index in [2.05, 4.69) is 9.72 Å². The Morgan fingerprint density at radius 2 is 1.95 bits per heavy atom. The van der Waals surface area contributed by atoms with Crippen molar-refractivity contribution in [3.63, 3.8) is 0 Å². The molecule has 0 saturated heterocycles. The van der Waals surface area contributed by atoms with Crippen LogP contribution in [0.15, 0.2) is 28.7 Å². The van der Waals surface area contributed by atoms with Gasteiger partial charge in [-0.1, -0.05) is 23.2 Å². The number of esters is 2. The van der Waals surface area contributed by atoms with Gasteiger partial charge in [-0.3, -0.25) is 0 Å². The molecule has 0 aliphatic rings. The van der Waals surface area contributed by atoms with Crippen LogP contribution in [0.4, 0.5) is 0 Å². The molecule has 0 radical (unpaired) electrons. The number of furan rings is 1. The van der Waals surface area contributed by atoms with E-state index in [1.54, 1.807) is 0 Å². The van der Waals surface area contributed by atoms with Crippen LogP contribution in [0.2, 0.25) is 10.2 Å². The Hall–Kier alpha value is -2.05. The van der Waals surface area contributed by atoms with Gasteiger partial charge in [0.2, 0.25) is 5.76 Å². The summed E-state index contributed by atoms with van der Waals surface area (Å²) in [6.45, 7) is -0.180. The molecule has 0 aliphatic carbocycles. The fourth-order valence-electron chi connectivity index (χ4n) is 1.43. The van der Waals surface area contributed by atoms with Gasteiger partial charge >= 0.3 is 11.9 Å². The van der Waals surface area contributed by atoms with Gasteiger partial charge in [-0.25, -0.2) is 14.6 Å². The summed E-state index contributed by atoms with van der Waals surface area (Å²) in [5.74, 6) is -1.07. The van der Waals surface area contributed by atoms with Crippen molar-refractivity contribution >= 4 is 35.1 Å². The predicted molar refractivity (Wildman–Crippen MR) is 73.4 cm³/mol. The fraction of sp³-hybridized carbons (Fsp3) is 0.154. The third-order valence-corrected chi connectivity index (χ3v) is 2.91. The van der Waals surface area contributed by atoms with E-state index in [4.69, 9.17) is 32.4 Å². The predicted octanol–water partition coefficient (Wildman–Crippen LogP) is 3.13. The molecule has 0 amide bonds. The van der Waals surface area contributed by atoms with Crippen LogP contribution in [0.25, 0.3) is 0 Å². The van der Waals surface area contributed by atoms with Crippen LogP contribution >= 0.6 is 23.2 Å². The third kappa shape index (κ3) is 3.74. The van der Waals surface area contributed by atoms with E-state index < -0.39 is 11.9 Å². The van der Waals surface area contributed by atoms with Gasteiger partial charge in [0.1, 0.15) is 17.5 Å². The lowest BCUT2D eigenvalue weighted by Crippen LogP contribution is -2.08. The van der Waals surface area contributed by atoms with Crippen molar-refractivity contribution in [2.24, 2.45) is 0 Å². The Balaban J connectivity index is 2.02. The fourth-order valence-corrected chi connectivity index (χ4v) is 1.76. The molecule has 0 bridgehead atoms. The summed E-state index contributed by atoms with van der Waals surface area (Å²) in [6.07, 6.45) is 0. The Bertz CT molecular complexity index is 683. The number of pyridine rings is 1. The van der Waals surface area contributed by atoms with Crippen LogP contribution in [0.3, 0.4) is 0 Å². The molecule has 0 saturated carbocycles. The van der Waals surface area contributed by atoms with Crippen LogP contribution in [0.1, 0.15) is 26.8 Å². The van der Waals surface area contributed by atoms with E-state index >= 15 is 0 Å². The van der Waals surface area contributed by atoms with Gasteiger partial charge in [0.05, 0.1) is 12.1 Å². The van der Waals surface area contributed by atoms with Crippen molar-refractivity contribution in [1.82, 2.24) is 4.98 Å². The number of nitrogens with zero attached hydrogens (tertiary/aromatic N) is 1. The van der Waals surface area contributed by atoms with Crippen LogP contribution in [0, 0.1) is 0 Å². The van der Waals surface area contributed by atoms with Crippen LogP contribution < -0.4 is 0 Å². The number of aromatic nitrogens is 1. The maximum Gasteiger partial charge on any atom is 0.373 e. The van der Waals surface area contributed by atoms with Gasteiger partial charge in [-0.15, -0.1) is 0 Å². The maximum absolute atomic E-state index is 11.8. The van der Waals surface area contributed by atoms with Gasteiger partial charge in [0.25, 0.3) is 0 Å². The largest absolute Gasteiger partial charge is 0.463 e. The molecule has 2 heterocycles. The second-order valence-electron chi connectivity index (χ2n) is 3.80. The normalized spacial score (nSPS) is 10.2. The Morgan fingerprint density at radius 3 is 2.67 bits per heavy atom. The van der Waals surface area contributed by atoms with Gasteiger partial charge in [0, 0.05) is 0 Å². The zero-order valence-electron chi connectivity index (χ0n) is 10.8. The highest BCUT2D eigenvalue weighted by Crippen LogP contribution is 2.18. The minimum absolute atomic E-state index is 0.0162. The Labute approximate surface area is 129 Å². The lowest BCUT2D eigenvalue weighted by atomic mass is 10.3. The first-order chi connectivity index (χ1) is 10.0. The lowest BCUT2D eigenvalue weighted by Gasteiger charge is -2.04. The number of halogens is 2. The first-order valence-electron chi connectivity index (χ1n) is 5.67. The highest BCUT2D eigenvalue weighted by atomic mass is 35.5. The Kier molecular flexibility index (Phi) is 4.82. The van der Waals surface area contributed by atoms with Crippen molar-refractivity contribution in [2.75, 3.05) is 7.11 Å². The minimum atomic E-state index is -0.751. The highest BCUT2D eigenvalue weighted by Gasteiger charge is 2.16. The van der Waals surface area contributed by atoms with Crippen LogP contribution in [-0.2, 0) is 16.1 Å². The molecule has 0 spiro atoms. The average molecular weight is 330 g/mol. The summed E-state index contributed by atoms with van der Waals surface area (Å²) in [6, 6.07) is 5.80. The summed E-state index contributed by atoms with van der Waals surface area (Å²) >= 11 is 11.5. The number of carbonyl (C=O) groups is 2. The molecule has 0 atom stereocenters. The quantitative estimate of drug-likeness (QED) is 0.633. The standard InChI is InChI=1S/C13H9Cl2NO5/c1-19-12(17)9-4-2-7(21-9)6-20-13(18)11-8(14)3-5-10(15)16-11/h2-5H,6H2,1H3. The molecule has 0 aliphatic heterocycles. The van der Waals surface area contributed by atoms with E-state index in [-0.39, 0.29) is 34.0 Å². The second-order valence-corrected chi connectivity index (χ2v) is 4.59. The van der Waals surface area contributed by atoms with E-state index in [0.29, 0.717) is 0 Å². The van der Waals surface area contributed by atoms with Crippen molar-refractivity contribution in [1.29, 1.82) is 0 Å². The summed E-state index contributed by atoms with van der Waals surface area (Å²) in [5.41, 5.74) is -0.0936. The van der Waals surface area contributed by atoms with E-state index in [1.807, 2.05) is 0 Å². The first-order valence-corrected chi connectivity index (χ1v) is 6.43. The zero-order chi connectivity index (χ0) is 15.4. The van der Waals surface area contributed by atoms with E-state index in [9.17, 15) is 9.59 Å².